The Labute approximate surface area is 384 Å². The minimum absolute atomic E-state index is 0.0000205. The molecule has 2 fully saturated rings. The van der Waals surface area contributed by atoms with Crippen molar-refractivity contribution in [2.75, 3.05) is 96.5 Å². The van der Waals surface area contributed by atoms with E-state index in [2.05, 4.69) is 56.2 Å². The summed E-state index contributed by atoms with van der Waals surface area (Å²) < 4.78 is 33.8. The van der Waals surface area contributed by atoms with E-state index in [-0.39, 0.29) is 69.2 Å². The van der Waals surface area contributed by atoms with Crippen LogP contribution in [0.5, 0.6) is 5.75 Å². The Morgan fingerprint density at radius 3 is 2.21 bits per heavy atom. The number of likely N-dealkylation sites (tertiary alicyclic amines) is 1. The van der Waals surface area contributed by atoms with Gasteiger partial charge in [0.15, 0.2) is 0 Å². The maximum Gasteiger partial charge on any atom is 0.255 e. The van der Waals surface area contributed by atoms with Gasteiger partial charge in [-0.05, 0) is 90.2 Å². The number of anilines is 2. The molecule has 4 aromatic rings. The number of rotatable bonds is 24. The fourth-order valence-corrected chi connectivity index (χ4v) is 9.16. The zero-order chi connectivity index (χ0) is 45.7. The van der Waals surface area contributed by atoms with Crippen molar-refractivity contribution in [3.05, 3.63) is 107 Å². The molecule has 4 aliphatic rings. The molecule has 0 aliphatic carbocycles. The number of ether oxygens (including phenoxy) is 6. The number of aliphatic hydroxyl groups excluding tert-OH is 1. The van der Waals surface area contributed by atoms with Crippen molar-refractivity contribution in [3.8, 4) is 16.9 Å². The van der Waals surface area contributed by atoms with Gasteiger partial charge in [-0.3, -0.25) is 34.4 Å². The van der Waals surface area contributed by atoms with E-state index < -0.39 is 11.9 Å². The maximum atomic E-state index is 13.0. The molecule has 17 heteroatoms. The predicted molar refractivity (Wildman–Crippen MR) is 243 cm³/mol. The van der Waals surface area contributed by atoms with E-state index in [9.17, 15) is 24.3 Å². The Bertz CT molecular complexity index is 2300. The van der Waals surface area contributed by atoms with E-state index in [0.29, 0.717) is 82.2 Å². The van der Waals surface area contributed by atoms with Gasteiger partial charge in [0.05, 0.1) is 78.7 Å². The smallest absolute Gasteiger partial charge is 0.255 e. The lowest BCUT2D eigenvalue weighted by Gasteiger charge is -2.39. The molecular weight excluding hydrogens is 849 g/mol. The number of piperidine rings is 1. The molecular formula is C49H58N6O11. The standard InChI is InChI=1S/C49H58N6O11/c56-31-42-38-13-16-54(29-33-11-14-50-15-12-33)47(38)39-28-35(7-8-41(39)52-42)34-3-1-4-36(27-34)51-46(58)32-65-24-23-63-20-19-61-17-18-62-21-22-64-25-26-66-44-6-2-5-37-40(44)30-55(49(37)60)43-9-10-45(57)53-48(43)59/h1-8,11-12,14-15,27-28,38,42-43,47,52,56H,9-10,13,16-26,29-32H2,(H,51,58)(H,53,57,59)/t38-,42-,43?,47-/m1/s1. The molecule has 4 atom stereocenters. The first-order valence-corrected chi connectivity index (χ1v) is 22.7. The number of aromatic nitrogens is 1. The van der Waals surface area contributed by atoms with Crippen molar-refractivity contribution in [2.45, 2.75) is 50.5 Å². The molecule has 1 aromatic heterocycles. The summed E-state index contributed by atoms with van der Waals surface area (Å²) in [6.45, 7) is 5.52. The van der Waals surface area contributed by atoms with Crippen LogP contribution in [0.25, 0.3) is 11.1 Å². The summed E-state index contributed by atoms with van der Waals surface area (Å²) in [5.41, 5.74) is 7.42. The number of carbonyl (C=O) groups excluding carboxylic acids is 4. The van der Waals surface area contributed by atoms with Crippen LogP contribution in [0, 0.1) is 5.92 Å². The molecule has 1 unspecified atom stereocenters. The Balaban J connectivity index is 0.652. The molecule has 2 saturated heterocycles. The van der Waals surface area contributed by atoms with Gasteiger partial charge in [0.2, 0.25) is 17.7 Å². The SMILES string of the molecule is O=C1CCC(N2Cc3c(OCCOCCOCCOCCOCCOCC(=O)Nc4cccc(-c5ccc6c(c5)[C@H]5[C@H](CCN5Cc5ccncc5)[C@@H](CO)N6)c4)cccc3C2=O)C(=O)N1. The lowest BCUT2D eigenvalue weighted by molar-refractivity contribution is -0.137. The quantitative estimate of drug-likeness (QED) is 0.0582. The topological polar surface area (TPSA) is 199 Å². The fourth-order valence-electron chi connectivity index (χ4n) is 9.16. The highest BCUT2D eigenvalue weighted by atomic mass is 16.6. The van der Waals surface area contributed by atoms with Gasteiger partial charge >= 0.3 is 0 Å². The van der Waals surface area contributed by atoms with Gasteiger partial charge < -0.3 is 49.1 Å². The van der Waals surface area contributed by atoms with Crippen LogP contribution in [0.2, 0.25) is 0 Å². The van der Waals surface area contributed by atoms with E-state index >= 15 is 0 Å². The van der Waals surface area contributed by atoms with Crippen LogP contribution in [0.3, 0.4) is 0 Å². The van der Waals surface area contributed by atoms with E-state index in [1.807, 2.05) is 36.7 Å². The third-order valence-corrected chi connectivity index (χ3v) is 12.3. The average molecular weight is 907 g/mol. The Hall–Kier alpha value is -5.79. The van der Waals surface area contributed by atoms with Crippen molar-refractivity contribution in [3.63, 3.8) is 0 Å². The number of nitrogens with zero attached hydrogens (tertiary/aromatic N) is 3. The van der Waals surface area contributed by atoms with Crippen molar-refractivity contribution in [1.82, 2.24) is 20.1 Å². The zero-order valence-corrected chi connectivity index (χ0v) is 37.0. The largest absolute Gasteiger partial charge is 0.491 e. The molecule has 0 spiro atoms. The molecule has 5 heterocycles. The van der Waals surface area contributed by atoms with Gasteiger partial charge in [-0.2, -0.15) is 0 Å². The van der Waals surface area contributed by atoms with Crippen LogP contribution in [-0.2, 0) is 51.2 Å². The second kappa shape index (κ2) is 23.1. The number of hydrogen-bond acceptors (Lipinski definition) is 14. The number of aliphatic hydroxyl groups is 1. The first-order valence-electron chi connectivity index (χ1n) is 22.7. The fraction of sp³-hybridized carbons (Fsp3) is 0.449. The summed E-state index contributed by atoms with van der Waals surface area (Å²) in [6.07, 6.45) is 5.16. The second-order valence-corrected chi connectivity index (χ2v) is 16.6. The normalized spacial score (nSPS) is 20.1. The van der Waals surface area contributed by atoms with Gasteiger partial charge in [0.25, 0.3) is 5.91 Å². The lowest BCUT2D eigenvalue weighted by atomic mass is 9.82. The summed E-state index contributed by atoms with van der Waals surface area (Å²) in [5.74, 6) is -0.412. The molecule has 0 bridgehead atoms. The first-order chi connectivity index (χ1) is 32.4. The van der Waals surface area contributed by atoms with Crippen molar-refractivity contribution >= 4 is 35.0 Å². The Morgan fingerprint density at radius 1 is 0.788 bits per heavy atom. The molecule has 0 saturated carbocycles. The molecule has 4 aliphatic heterocycles. The van der Waals surface area contributed by atoms with Gasteiger partial charge in [-0.25, -0.2) is 0 Å². The van der Waals surface area contributed by atoms with Crippen LogP contribution in [-0.4, -0.2) is 141 Å². The lowest BCUT2D eigenvalue weighted by Crippen LogP contribution is -2.52. The minimum atomic E-state index is -0.679. The Morgan fingerprint density at radius 2 is 1.48 bits per heavy atom. The van der Waals surface area contributed by atoms with Gasteiger partial charge in [0.1, 0.15) is 25.0 Å². The van der Waals surface area contributed by atoms with Gasteiger partial charge in [0, 0.05) is 59.8 Å². The molecule has 66 heavy (non-hydrogen) atoms. The third-order valence-electron chi connectivity index (χ3n) is 12.3. The van der Waals surface area contributed by atoms with Crippen LogP contribution in [0.15, 0.2) is 85.2 Å². The molecule has 0 radical (unpaired) electrons. The zero-order valence-electron chi connectivity index (χ0n) is 37.0. The summed E-state index contributed by atoms with van der Waals surface area (Å²) in [4.78, 5) is 57.8. The highest BCUT2D eigenvalue weighted by Gasteiger charge is 2.44. The number of carbonyl (C=O) groups is 4. The van der Waals surface area contributed by atoms with E-state index in [1.165, 1.54) is 16.0 Å². The first kappa shape index (κ1) is 46.7. The third kappa shape index (κ3) is 11.8. The Kier molecular flexibility index (Phi) is 16.3. The molecule has 3 aromatic carbocycles. The number of amides is 4. The number of hydrogen-bond donors (Lipinski definition) is 4. The van der Waals surface area contributed by atoms with Gasteiger partial charge in [-0.15, -0.1) is 0 Å². The molecule has 350 valence electrons. The van der Waals surface area contributed by atoms with E-state index in [1.54, 1.807) is 18.2 Å². The molecule has 8 rings (SSSR count). The molecule has 17 nitrogen and oxygen atoms in total. The number of benzene rings is 3. The monoisotopic (exact) mass is 906 g/mol. The highest BCUT2D eigenvalue weighted by Crippen LogP contribution is 2.48. The highest BCUT2D eigenvalue weighted by molar-refractivity contribution is 6.05. The summed E-state index contributed by atoms with van der Waals surface area (Å²) in [5, 5.41) is 19.1. The summed E-state index contributed by atoms with van der Waals surface area (Å²) in [6, 6.07) is 23.1. The number of imide groups is 1. The van der Waals surface area contributed by atoms with Crippen molar-refractivity contribution in [1.29, 1.82) is 0 Å². The number of nitrogens with one attached hydrogen (secondary N) is 3. The number of pyridine rings is 1. The van der Waals surface area contributed by atoms with Crippen LogP contribution >= 0.6 is 0 Å². The predicted octanol–water partition coefficient (Wildman–Crippen LogP) is 3.96. The van der Waals surface area contributed by atoms with E-state index in [0.717, 1.165) is 41.9 Å². The van der Waals surface area contributed by atoms with Crippen molar-refractivity contribution < 1.29 is 52.7 Å². The summed E-state index contributed by atoms with van der Waals surface area (Å²) in [7, 11) is 0. The molecule has 4 amide bonds. The number of fused-ring (bicyclic) bond motifs is 4. The van der Waals surface area contributed by atoms with Crippen LogP contribution < -0.4 is 20.7 Å². The minimum Gasteiger partial charge on any atom is -0.491 e. The molecule has 4 N–H and O–H groups in total. The van der Waals surface area contributed by atoms with Crippen LogP contribution in [0.1, 0.15) is 52.4 Å². The average Bonchev–Trinajstić information content (AvgIpc) is 3.91. The maximum absolute atomic E-state index is 13.0. The van der Waals surface area contributed by atoms with Gasteiger partial charge in [-0.1, -0.05) is 24.3 Å². The summed E-state index contributed by atoms with van der Waals surface area (Å²) >= 11 is 0. The second-order valence-electron chi connectivity index (χ2n) is 16.6. The van der Waals surface area contributed by atoms with E-state index in [4.69, 9.17) is 28.4 Å². The van der Waals surface area contributed by atoms with Crippen molar-refractivity contribution in [2.24, 2.45) is 5.92 Å². The van der Waals surface area contributed by atoms with Crippen LogP contribution in [0.4, 0.5) is 11.4 Å².